The van der Waals surface area contributed by atoms with Crippen LogP contribution in [0.15, 0.2) is 41.3 Å². The molecule has 3 aromatic rings. The number of hydrogen-bond acceptors (Lipinski definition) is 8. The Bertz CT molecular complexity index is 1300. The number of unbranched alkanes of at least 4 members (excludes halogenated alkanes) is 1. The van der Waals surface area contributed by atoms with Crippen LogP contribution >= 0.6 is 11.3 Å². The number of amides is 1. The average Bonchev–Trinajstić information content (AvgIpc) is 3.29. The molecule has 0 bridgehead atoms. The molecule has 11 heteroatoms. The van der Waals surface area contributed by atoms with Gasteiger partial charge in [0.15, 0.2) is 16.6 Å². The predicted octanol–water partition coefficient (Wildman–Crippen LogP) is 4.09. The van der Waals surface area contributed by atoms with Crippen LogP contribution in [0, 0.1) is 0 Å². The Balaban J connectivity index is 1.62. The van der Waals surface area contributed by atoms with Crippen LogP contribution in [0.3, 0.4) is 0 Å². The quantitative estimate of drug-likeness (QED) is 0.358. The van der Waals surface area contributed by atoms with Crippen molar-refractivity contribution >= 4 is 42.6 Å². The first-order valence-corrected chi connectivity index (χ1v) is 14.8. The second kappa shape index (κ2) is 11.8. The smallest absolute Gasteiger partial charge is 0.260 e. The topological polar surface area (TPSA) is 92.3 Å². The number of rotatable bonds is 11. The van der Waals surface area contributed by atoms with E-state index in [-0.39, 0.29) is 10.8 Å². The van der Waals surface area contributed by atoms with Crippen LogP contribution in [0.25, 0.3) is 10.2 Å². The Morgan fingerprint density at radius 3 is 2.30 bits per heavy atom. The van der Waals surface area contributed by atoms with Gasteiger partial charge in [0.1, 0.15) is 13.2 Å². The fourth-order valence-corrected chi connectivity index (χ4v) is 6.50. The molecule has 0 spiro atoms. The molecule has 1 amide bonds. The lowest BCUT2D eigenvalue weighted by Crippen LogP contribution is -2.36. The predicted molar refractivity (Wildman–Crippen MR) is 147 cm³/mol. The molecule has 1 aliphatic heterocycles. The molecule has 0 aliphatic carbocycles. The van der Waals surface area contributed by atoms with Crippen LogP contribution in [-0.4, -0.2) is 82.0 Å². The molecule has 4 rings (SSSR count). The second-order valence-corrected chi connectivity index (χ2v) is 12.0. The third-order valence-electron chi connectivity index (χ3n) is 6.14. The summed E-state index contributed by atoms with van der Waals surface area (Å²) < 4.78 is 39.9. The third kappa shape index (κ3) is 6.06. The number of benzene rings is 2. The molecule has 0 fully saturated rings. The monoisotopic (exact) mass is 546 g/mol. The van der Waals surface area contributed by atoms with Gasteiger partial charge in [-0.3, -0.25) is 9.69 Å². The van der Waals surface area contributed by atoms with Crippen molar-refractivity contribution in [2.45, 2.75) is 31.6 Å². The number of hydrogen-bond donors (Lipinski definition) is 0. The summed E-state index contributed by atoms with van der Waals surface area (Å²) in [5.41, 5.74) is 1.14. The molecule has 2 aromatic carbocycles. The third-order valence-corrected chi connectivity index (χ3v) is 9.17. The molecule has 2 heterocycles. The molecule has 0 saturated heterocycles. The van der Waals surface area contributed by atoms with E-state index < -0.39 is 10.0 Å². The first-order chi connectivity index (χ1) is 17.7. The summed E-state index contributed by atoms with van der Waals surface area (Å²) in [7, 11) is 0.274. The summed E-state index contributed by atoms with van der Waals surface area (Å²) in [5.74, 6) is 1.09. The molecule has 0 saturated carbocycles. The number of sulfonamides is 1. The summed E-state index contributed by atoms with van der Waals surface area (Å²) in [6.45, 7) is 6.80. The van der Waals surface area contributed by atoms with Gasteiger partial charge in [-0.05, 0) is 44.8 Å². The summed E-state index contributed by atoms with van der Waals surface area (Å²) in [5, 5.41) is 0.567. The Morgan fingerprint density at radius 2 is 1.68 bits per heavy atom. The van der Waals surface area contributed by atoms with Gasteiger partial charge >= 0.3 is 0 Å². The highest BCUT2D eigenvalue weighted by Gasteiger charge is 2.26. The van der Waals surface area contributed by atoms with Gasteiger partial charge in [0.25, 0.3) is 5.91 Å². The summed E-state index contributed by atoms with van der Waals surface area (Å²) in [4.78, 5) is 22.2. The normalized spacial score (nSPS) is 13.5. The molecular formula is C26H34N4O5S2. The highest BCUT2D eigenvalue weighted by molar-refractivity contribution is 7.89. The number of carbonyl (C=O) groups is 1. The minimum absolute atomic E-state index is 0.187. The van der Waals surface area contributed by atoms with Crippen molar-refractivity contribution < 1.29 is 22.7 Å². The van der Waals surface area contributed by atoms with E-state index in [0.717, 1.165) is 23.1 Å². The fraction of sp³-hybridized carbons (Fsp3) is 0.462. The number of fused-ring (bicyclic) bond motifs is 2. The van der Waals surface area contributed by atoms with E-state index in [4.69, 9.17) is 14.5 Å². The molecule has 200 valence electrons. The minimum Gasteiger partial charge on any atom is -0.486 e. The van der Waals surface area contributed by atoms with E-state index in [0.29, 0.717) is 61.6 Å². The lowest BCUT2D eigenvalue weighted by Gasteiger charge is -2.23. The van der Waals surface area contributed by atoms with Crippen molar-refractivity contribution in [1.82, 2.24) is 14.2 Å². The Labute approximate surface area is 222 Å². The Kier molecular flexibility index (Phi) is 8.68. The fourth-order valence-electron chi connectivity index (χ4n) is 4.01. The summed E-state index contributed by atoms with van der Waals surface area (Å²) in [6, 6.07) is 9.94. The zero-order valence-electron chi connectivity index (χ0n) is 21.8. The maximum atomic E-state index is 13.6. The highest BCUT2D eigenvalue weighted by atomic mass is 32.2. The van der Waals surface area contributed by atoms with Gasteiger partial charge in [-0.15, -0.1) is 0 Å². The highest BCUT2D eigenvalue weighted by Crippen LogP contribution is 2.39. The number of ether oxygens (including phenoxy) is 2. The lowest BCUT2D eigenvalue weighted by atomic mass is 10.2. The van der Waals surface area contributed by atoms with E-state index in [9.17, 15) is 13.2 Å². The molecule has 1 aromatic heterocycles. The SMILES string of the molecule is CCCCN(CC)S(=O)(=O)c1ccc(C(=O)N(CCN(C)C)c2nc3cc4c(cc3s2)OCCO4)cc1. The van der Waals surface area contributed by atoms with Crippen LogP contribution in [0.2, 0.25) is 0 Å². The molecule has 37 heavy (non-hydrogen) atoms. The van der Waals surface area contributed by atoms with Crippen LogP contribution in [0.5, 0.6) is 11.5 Å². The standard InChI is InChI=1S/C26H34N4O5S2/c1-5-7-12-29(6-2)37(32,33)20-10-8-19(9-11-20)25(31)30(14-13-28(3)4)26-27-21-17-22-23(18-24(21)36-26)35-16-15-34-22/h8-11,17-18H,5-7,12-16H2,1-4H3. The van der Waals surface area contributed by atoms with E-state index in [1.165, 1.54) is 27.8 Å². The molecular weight excluding hydrogens is 512 g/mol. The zero-order valence-corrected chi connectivity index (χ0v) is 23.4. The Morgan fingerprint density at radius 1 is 1.00 bits per heavy atom. The molecule has 9 nitrogen and oxygen atoms in total. The first-order valence-electron chi connectivity index (χ1n) is 12.5. The van der Waals surface area contributed by atoms with Gasteiger partial charge in [-0.1, -0.05) is 31.6 Å². The molecule has 0 atom stereocenters. The van der Waals surface area contributed by atoms with Crippen LogP contribution in [-0.2, 0) is 10.0 Å². The zero-order chi connectivity index (χ0) is 26.6. The van der Waals surface area contributed by atoms with Crippen molar-refractivity contribution in [2.75, 3.05) is 58.4 Å². The summed E-state index contributed by atoms with van der Waals surface area (Å²) >= 11 is 1.41. The number of carbonyl (C=O) groups excluding carboxylic acids is 1. The van der Waals surface area contributed by atoms with Crippen molar-refractivity contribution in [3.05, 3.63) is 42.0 Å². The lowest BCUT2D eigenvalue weighted by molar-refractivity contribution is 0.0985. The molecule has 0 unspecified atom stereocenters. The van der Waals surface area contributed by atoms with E-state index in [1.807, 2.05) is 45.0 Å². The van der Waals surface area contributed by atoms with Crippen LogP contribution in [0.4, 0.5) is 5.13 Å². The van der Waals surface area contributed by atoms with Crippen LogP contribution < -0.4 is 14.4 Å². The van der Waals surface area contributed by atoms with Gasteiger partial charge in [0.2, 0.25) is 10.0 Å². The van der Waals surface area contributed by atoms with Crippen molar-refractivity contribution in [1.29, 1.82) is 0 Å². The number of anilines is 1. The Hall–Kier alpha value is -2.73. The average molecular weight is 547 g/mol. The minimum atomic E-state index is -3.62. The molecule has 0 N–H and O–H groups in total. The number of likely N-dealkylation sites (N-methyl/N-ethyl adjacent to an activating group) is 1. The van der Waals surface area contributed by atoms with Crippen molar-refractivity contribution in [3.8, 4) is 11.5 Å². The number of nitrogens with zero attached hydrogens (tertiary/aromatic N) is 4. The van der Waals surface area contributed by atoms with E-state index in [2.05, 4.69) is 0 Å². The van der Waals surface area contributed by atoms with Crippen LogP contribution in [0.1, 0.15) is 37.0 Å². The molecule has 1 aliphatic rings. The van der Waals surface area contributed by atoms with Gasteiger partial charge in [0.05, 0.1) is 15.1 Å². The van der Waals surface area contributed by atoms with Gasteiger partial charge < -0.3 is 14.4 Å². The number of aromatic nitrogens is 1. The maximum absolute atomic E-state index is 13.6. The van der Waals surface area contributed by atoms with Crippen molar-refractivity contribution in [3.63, 3.8) is 0 Å². The summed E-state index contributed by atoms with van der Waals surface area (Å²) in [6.07, 6.45) is 1.71. The number of thiazole rings is 1. The largest absolute Gasteiger partial charge is 0.486 e. The van der Waals surface area contributed by atoms with Gasteiger partial charge in [0, 0.05) is 43.9 Å². The van der Waals surface area contributed by atoms with Gasteiger partial charge in [-0.25, -0.2) is 13.4 Å². The van der Waals surface area contributed by atoms with E-state index in [1.54, 1.807) is 17.0 Å². The second-order valence-electron chi connectivity index (χ2n) is 9.09. The van der Waals surface area contributed by atoms with E-state index >= 15 is 0 Å². The van der Waals surface area contributed by atoms with Crippen molar-refractivity contribution in [2.24, 2.45) is 0 Å². The maximum Gasteiger partial charge on any atom is 0.260 e. The molecule has 0 radical (unpaired) electrons. The van der Waals surface area contributed by atoms with Gasteiger partial charge in [-0.2, -0.15) is 4.31 Å². The first kappa shape index (κ1) is 27.3.